The van der Waals surface area contributed by atoms with Gasteiger partial charge in [0.25, 0.3) is 0 Å². The number of aliphatic carboxylic acids is 1. The number of hydrogen-bond acceptors (Lipinski definition) is 24. The van der Waals surface area contributed by atoms with Gasteiger partial charge in [0.1, 0.15) is 84.0 Å². The minimum absolute atomic E-state index is 0.0235. The lowest BCUT2D eigenvalue weighted by Crippen LogP contribution is -2.62. The summed E-state index contributed by atoms with van der Waals surface area (Å²) >= 11 is 10.5. The summed E-state index contributed by atoms with van der Waals surface area (Å²) in [5.74, 6) is -15.1. The number of nitrogens with two attached hydrogens (primary N) is 5. The fraction of sp³-hybridized carbons (Fsp3) is 0.432. The van der Waals surface area contributed by atoms with Gasteiger partial charge < -0.3 is 129 Å². The van der Waals surface area contributed by atoms with E-state index in [2.05, 4.69) is 92.0 Å². The van der Waals surface area contributed by atoms with Crippen LogP contribution >= 0.6 is 24.2 Å². The summed E-state index contributed by atoms with van der Waals surface area (Å²) < 4.78 is 0. The van der Waals surface area contributed by atoms with Crippen LogP contribution in [0.5, 0.6) is 11.5 Å². The number of carboxylic acids is 1. The number of carbonyl (C=O) groups is 16. The van der Waals surface area contributed by atoms with E-state index in [-0.39, 0.29) is 114 Å². The number of primary amides is 1. The number of aliphatic hydroxyl groups is 1. The Morgan fingerprint density at radius 1 is 0.387 bits per heavy atom. The van der Waals surface area contributed by atoms with E-state index >= 15 is 19.2 Å². The number of rotatable bonds is 60. The van der Waals surface area contributed by atoms with Crippen molar-refractivity contribution in [2.75, 3.05) is 38.5 Å². The molecular weight excluding hydrogens is 1810 g/mol. The Bertz CT molecular complexity index is 5150. The van der Waals surface area contributed by atoms with E-state index in [0.717, 1.165) is 6.92 Å². The maximum Gasteiger partial charge on any atom is 0.305 e. The lowest BCUT2D eigenvalue weighted by Gasteiger charge is -2.29. The van der Waals surface area contributed by atoms with Crippen molar-refractivity contribution in [2.45, 2.75) is 220 Å². The molecule has 137 heavy (non-hydrogen) atoms. The van der Waals surface area contributed by atoms with Crippen LogP contribution in [0, 0.1) is 0 Å². The van der Waals surface area contributed by atoms with Crippen LogP contribution in [-0.2, 0) is 115 Å². The molecule has 42 heteroatoms. The first-order chi connectivity index (χ1) is 65.5. The number of phenols is 2. The van der Waals surface area contributed by atoms with Gasteiger partial charge in [0, 0.05) is 79.9 Å². The van der Waals surface area contributed by atoms with E-state index in [1.165, 1.54) is 67.6 Å². The molecule has 0 saturated carbocycles. The molecule has 0 spiro atoms. The van der Waals surface area contributed by atoms with Crippen LogP contribution in [0.1, 0.15) is 131 Å². The molecule has 7 rings (SSSR count). The van der Waals surface area contributed by atoms with Crippen molar-refractivity contribution < 1.29 is 97.1 Å². The maximum absolute atomic E-state index is 15.5. The number of aromatic amines is 1. The van der Waals surface area contributed by atoms with Crippen molar-refractivity contribution in [3.8, 4) is 11.5 Å². The lowest BCUT2D eigenvalue weighted by atomic mass is 9.99. The van der Waals surface area contributed by atoms with Crippen molar-refractivity contribution >= 4 is 130 Å². The molecule has 7 aromatic rings. The van der Waals surface area contributed by atoms with Crippen molar-refractivity contribution in [2.24, 2.45) is 28.7 Å². The molecule has 740 valence electrons. The molecule has 0 saturated heterocycles. The zero-order valence-corrected chi connectivity index (χ0v) is 78.0. The topological polar surface area (TPSA) is 668 Å². The Morgan fingerprint density at radius 2 is 0.752 bits per heavy atom. The van der Waals surface area contributed by atoms with Gasteiger partial charge in [-0.1, -0.05) is 127 Å². The number of aromatic hydroxyl groups is 2. The van der Waals surface area contributed by atoms with Crippen molar-refractivity contribution in [3.05, 3.63) is 202 Å². The Labute approximate surface area is 803 Å². The largest absolute Gasteiger partial charge is 0.508 e. The second-order valence-corrected chi connectivity index (χ2v) is 34.1. The number of unbranched alkanes of at least 4 members (excludes halogenated alkanes) is 4. The van der Waals surface area contributed by atoms with Crippen LogP contribution in [0.15, 0.2) is 164 Å². The summed E-state index contributed by atoms with van der Waals surface area (Å²) in [5, 5.41) is 79.5. The Balaban J connectivity index is 1.07. The van der Waals surface area contributed by atoms with E-state index in [1.807, 2.05) is 0 Å². The van der Waals surface area contributed by atoms with Gasteiger partial charge in [-0.3, -0.25) is 76.7 Å². The number of aromatic nitrogens is 1. The number of fused-ring (bicyclic) bond motifs is 1. The number of carbonyl (C=O) groups excluding carboxylic acids is 15. The number of benzene rings is 6. The predicted molar refractivity (Wildman–Crippen MR) is 513 cm³/mol. The van der Waals surface area contributed by atoms with Crippen LogP contribution < -0.4 is 103 Å². The van der Waals surface area contributed by atoms with Crippen LogP contribution in [0.2, 0.25) is 5.02 Å². The third kappa shape index (κ3) is 38.6. The van der Waals surface area contributed by atoms with Gasteiger partial charge in [0.2, 0.25) is 88.6 Å². The summed E-state index contributed by atoms with van der Waals surface area (Å²) in [6.07, 6.45) is 0.742. The first-order valence-electron chi connectivity index (χ1n) is 45.3. The van der Waals surface area contributed by atoms with E-state index in [9.17, 15) is 78.0 Å². The number of hydrogen-bond donors (Lipinski definition) is 25. The highest BCUT2D eigenvalue weighted by molar-refractivity contribution is 7.80. The standard InChI is InChI=1S/C95H127ClN20O20S/c1-55(117)82(95(136)115-76(46-58-21-7-4-8-22-58)91(132)110-72(47-60-31-37-64(119)38-32-60)85(126)102-44-18-14-24-67(100)84(125)104-53-80(121)106-79(54-137)94(135)109-70(27-12-16-42-98)86(127)107-69(83(101)124)26-11-15-41-97)116-87(128)71(28-13-17-43-99)108-92(133)77(50-62-52-103-68-25-10-9-23-66(62)68)114-90(131)75(49-61-33-39-65(120)40-34-61)112-89(130)74(48-59-29-35-63(96)36-30-59)111-88(129)73(45-57-19-5-3-6-20-57)113-93(134)78(51-81(122)123)105-56(2)118/h3-10,19-23,25,29-40,52,55,67,69-79,82,103,117,119-120,137H,11-18,24,26-28,41-51,53-54,97-100H2,1-2H3,(H2,101,124)(H,102,126)(H,104,125)(H,105,118)(H,106,121)(H,107,127)(H,108,133)(H,109,135)(H,110,132)(H,111,129)(H,112,130)(H,113,134)(H,114,131)(H,115,136)(H,116,128)(H,122,123)/t55-,67+,69+,70+,71+,72+,73-,74+,75+,76+,77-,78-,79+,82+/m1/s1. The summed E-state index contributed by atoms with van der Waals surface area (Å²) in [7, 11) is 0. The average Bonchev–Trinajstić information content (AvgIpc) is 1.74. The quantitative estimate of drug-likeness (QED) is 0.0164. The number of para-hydroxylation sites is 1. The number of nitrogens with one attached hydrogen (secondary N) is 15. The Morgan fingerprint density at radius 3 is 1.18 bits per heavy atom. The van der Waals surface area contributed by atoms with Crippen molar-refractivity contribution in [3.63, 3.8) is 0 Å². The first kappa shape index (κ1) is 110. The first-order valence-corrected chi connectivity index (χ1v) is 46.3. The van der Waals surface area contributed by atoms with Gasteiger partial charge >= 0.3 is 5.97 Å². The highest BCUT2D eigenvalue weighted by Crippen LogP contribution is 2.23. The molecule has 0 aliphatic heterocycles. The van der Waals surface area contributed by atoms with E-state index in [0.29, 0.717) is 94.5 Å². The number of H-pyrrole nitrogens is 1. The molecule has 40 nitrogen and oxygen atoms in total. The smallest absolute Gasteiger partial charge is 0.305 e. The summed E-state index contributed by atoms with van der Waals surface area (Å²) in [6, 6.07) is 22.3. The fourth-order valence-electron chi connectivity index (χ4n) is 14.8. The molecule has 15 amide bonds. The minimum Gasteiger partial charge on any atom is -0.508 e. The summed E-state index contributed by atoms with van der Waals surface area (Å²) in [6.45, 7) is 2.42. The molecule has 29 N–H and O–H groups in total. The fourth-order valence-corrected chi connectivity index (χ4v) is 15.2. The zero-order chi connectivity index (χ0) is 100. The lowest BCUT2D eigenvalue weighted by molar-refractivity contribution is -0.141. The number of amides is 15. The van der Waals surface area contributed by atoms with Crippen molar-refractivity contribution in [1.29, 1.82) is 0 Å². The highest BCUT2D eigenvalue weighted by Gasteiger charge is 2.39. The molecule has 1 heterocycles. The van der Waals surface area contributed by atoms with Gasteiger partial charge in [-0.15, -0.1) is 0 Å². The summed E-state index contributed by atoms with van der Waals surface area (Å²) in [5.41, 5.74) is 32.5. The molecule has 14 atom stereocenters. The molecule has 0 aliphatic carbocycles. The molecule has 0 radical (unpaired) electrons. The van der Waals surface area contributed by atoms with Crippen LogP contribution in [-0.4, -0.2) is 243 Å². The number of phenolic OH excluding ortho intramolecular Hbond substituents is 2. The third-order valence-electron chi connectivity index (χ3n) is 22.3. The third-order valence-corrected chi connectivity index (χ3v) is 22.9. The molecule has 6 aromatic carbocycles. The number of halogens is 1. The number of carboxylic acid groups (broad SMARTS) is 1. The van der Waals surface area contributed by atoms with Gasteiger partial charge in [-0.2, -0.15) is 12.6 Å². The molecule has 1 aromatic heterocycles. The van der Waals surface area contributed by atoms with Gasteiger partial charge in [0.15, 0.2) is 0 Å². The minimum atomic E-state index is -1.88. The predicted octanol–water partition coefficient (Wildman–Crippen LogP) is -0.786. The Kier molecular flexibility index (Phi) is 46.7. The van der Waals surface area contributed by atoms with Crippen LogP contribution in [0.3, 0.4) is 0 Å². The van der Waals surface area contributed by atoms with E-state index < -0.39 is 192 Å². The summed E-state index contributed by atoms with van der Waals surface area (Å²) in [4.78, 5) is 227. The molecular formula is C95H127ClN20O20S. The monoisotopic (exact) mass is 1930 g/mol. The SMILES string of the molecule is CC(=O)N[C@H](CC(=O)O)C(=O)N[C@H](Cc1ccccc1)C(=O)N[C@@H](Cc1ccc(Cl)cc1)C(=O)N[C@@H](Cc1ccc(O)cc1)C(=O)N[C@H](Cc1c[nH]c2ccccc12)C(=O)N[C@@H](CCCCN)C(=O)N[C@H](C(=O)N[C@@H](Cc1ccccc1)C(=O)N[C@@H](Cc1ccc(O)cc1)C(=O)NCCCC[C@H](N)C(=O)NCC(=O)N[C@@H](CS)C(=O)N[C@@H](CCCCN)C(=O)N[C@@H](CCCCN)C(N)=O)[C@@H](C)O. The number of thiol groups is 1. The molecule has 0 aliphatic rings. The Hall–Kier alpha value is -13.6. The molecule has 0 fully saturated rings. The second-order valence-electron chi connectivity index (χ2n) is 33.3. The van der Waals surface area contributed by atoms with Gasteiger partial charge in [-0.05, 0) is 179 Å². The number of aliphatic hydroxyl groups excluding tert-OH is 1. The molecule has 0 unspecified atom stereocenters. The van der Waals surface area contributed by atoms with Gasteiger partial charge in [-0.25, -0.2) is 0 Å². The van der Waals surface area contributed by atoms with E-state index in [1.54, 1.807) is 103 Å². The zero-order valence-electron chi connectivity index (χ0n) is 76.4. The normalized spacial score (nSPS) is 14.2. The van der Waals surface area contributed by atoms with Gasteiger partial charge in [0.05, 0.1) is 25.1 Å². The second kappa shape index (κ2) is 58.0. The van der Waals surface area contributed by atoms with Crippen LogP contribution in [0.25, 0.3) is 10.9 Å². The maximum atomic E-state index is 15.5. The van der Waals surface area contributed by atoms with Crippen LogP contribution in [0.4, 0.5) is 0 Å². The highest BCUT2D eigenvalue weighted by atomic mass is 35.5. The van der Waals surface area contributed by atoms with Crippen molar-refractivity contribution in [1.82, 2.24) is 79.4 Å². The average molecular weight is 1940 g/mol. The van der Waals surface area contributed by atoms with E-state index in [4.69, 9.17) is 40.3 Å². The molecule has 0 bridgehead atoms.